The molecule has 1 aliphatic rings. The van der Waals surface area contributed by atoms with Gasteiger partial charge in [0.1, 0.15) is 18.7 Å². The SMILES string of the molecule is CCOC(CN(C(=O)C(Cc1ccc(C(F)(F)F)cc1)NC(=O)C(CN(CC1c2ccccc2-c2ccccc21)C(=O)O)NC(=O)OCc1ccccc1)C(C)C)OCC. The van der Waals surface area contributed by atoms with Crippen LogP contribution in [0.4, 0.5) is 22.8 Å². The van der Waals surface area contributed by atoms with Crippen molar-refractivity contribution < 1.29 is 51.7 Å². The quantitative estimate of drug-likeness (QED) is 0.0827. The number of alkyl halides is 3. The van der Waals surface area contributed by atoms with Gasteiger partial charge >= 0.3 is 18.4 Å². The summed E-state index contributed by atoms with van der Waals surface area (Å²) in [6.45, 7) is 6.77. The third-order valence-corrected chi connectivity index (χ3v) is 10.2. The fraction of sp³-hybridized carbons (Fsp3) is 0.378. The van der Waals surface area contributed by atoms with Crippen molar-refractivity contribution in [2.24, 2.45) is 0 Å². The largest absolute Gasteiger partial charge is 0.465 e. The molecule has 0 fully saturated rings. The molecule has 60 heavy (non-hydrogen) atoms. The van der Waals surface area contributed by atoms with E-state index in [1.54, 1.807) is 58.0 Å². The van der Waals surface area contributed by atoms with Crippen LogP contribution < -0.4 is 10.6 Å². The highest BCUT2D eigenvalue weighted by Crippen LogP contribution is 2.44. The van der Waals surface area contributed by atoms with Crippen LogP contribution in [0.3, 0.4) is 0 Å². The average Bonchev–Trinajstić information content (AvgIpc) is 3.54. The van der Waals surface area contributed by atoms with Gasteiger partial charge in [-0.3, -0.25) is 9.59 Å². The Balaban J connectivity index is 1.47. The summed E-state index contributed by atoms with van der Waals surface area (Å²) in [6, 6.07) is 24.8. The third kappa shape index (κ3) is 11.8. The van der Waals surface area contributed by atoms with Crippen molar-refractivity contribution in [3.8, 4) is 11.1 Å². The van der Waals surface area contributed by atoms with Gasteiger partial charge in [0.25, 0.3) is 0 Å². The first-order valence-electron chi connectivity index (χ1n) is 19.8. The second-order valence-electron chi connectivity index (χ2n) is 14.6. The van der Waals surface area contributed by atoms with Crippen molar-refractivity contribution >= 4 is 24.0 Å². The number of amides is 4. The van der Waals surface area contributed by atoms with Gasteiger partial charge in [-0.25, -0.2) is 9.59 Å². The number of halogens is 3. The van der Waals surface area contributed by atoms with E-state index in [9.17, 15) is 37.5 Å². The molecule has 5 rings (SSSR count). The number of carboxylic acid groups (broad SMARTS) is 1. The van der Waals surface area contributed by atoms with Gasteiger partial charge in [0, 0.05) is 38.1 Å². The molecule has 3 N–H and O–H groups in total. The lowest BCUT2D eigenvalue weighted by molar-refractivity contribution is -0.163. The molecular formula is C45H51F3N4O8. The minimum Gasteiger partial charge on any atom is -0.465 e. The number of benzene rings is 4. The van der Waals surface area contributed by atoms with Gasteiger partial charge in [0.2, 0.25) is 11.8 Å². The van der Waals surface area contributed by atoms with Crippen LogP contribution in [0.5, 0.6) is 0 Å². The van der Waals surface area contributed by atoms with E-state index in [1.165, 1.54) is 17.0 Å². The molecule has 15 heteroatoms. The molecule has 4 amide bonds. The molecule has 2 atom stereocenters. The summed E-state index contributed by atoms with van der Waals surface area (Å²) >= 11 is 0. The smallest absolute Gasteiger partial charge is 0.416 e. The maximum atomic E-state index is 14.5. The zero-order chi connectivity index (χ0) is 43.4. The standard InChI is InChI=1S/C45H51F3N4O8/c1-5-58-40(59-6-2)27-52(29(3)4)42(54)38(24-30-20-22-32(23-21-30)45(46,47)48)49-41(53)39(50-43(55)60-28-31-14-8-7-9-15-31)26-51(44(56)57)25-37-35-18-12-10-16-33(35)34-17-11-13-19-36(34)37/h7-23,29,37-40H,5-6,24-28H2,1-4H3,(H,49,53)(H,50,55)(H,56,57). The maximum absolute atomic E-state index is 14.5. The van der Waals surface area contributed by atoms with E-state index in [0.717, 1.165) is 39.3 Å². The lowest BCUT2D eigenvalue weighted by Gasteiger charge is -2.34. The van der Waals surface area contributed by atoms with Crippen LogP contribution >= 0.6 is 0 Å². The van der Waals surface area contributed by atoms with E-state index in [1.807, 2.05) is 48.5 Å². The first-order chi connectivity index (χ1) is 28.7. The Morgan fingerprint density at radius 2 is 1.30 bits per heavy atom. The Bertz CT molecular complexity index is 2010. The molecule has 0 aromatic heterocycles. The normalized spacial score (nSPS) is 13.3. The molecular weight excluding hydrogens is 782 g/mol. The van der Waals surface area contributed by atoms with Crippen LogP contribution in [0.15, 0.2) is 103 Å². The fourth-order valence-corrected chi connectivity index (χ4v) is 7.21. The summed E-state index contributed by atoms with van der Waals surface area (Å²) in [6.07, 6.45) is -8.06. The van der Waals surface area contributed by atoms with Gasteiger partial charge < -0.3 is 39.8 Å². The Labute approximate surface area is 347 Å². The first kappa shape index (κ1) is 45.2. The summed E-state index contributed by atoms with van der Waals surface area (Å²) in [4.78, 5) is 57.8. The Hall–Kier alpha value is -5.93. The molecule has 0 radical (unpaired) electrons. The minimum atomic E-state index is -4.60. The van der Waals surface area contributed by atoms with Crippen molar-refractivity contribution in [2.75, 3.05) is 32.8 Å². The molecule has 0 spiro atoms. The second kappa shape index (κ2) is 20.9. The van der Waals surface area contributed by atoms with E-state index < -0.39 is 72.6 Å². The molecule has 0 aliphatic heterocycles. The highest BCUT2D eigenvalue weighted by atomic mass is 19.4. The Kier molecular flexibility index (Phi) is 15.7. The minimum absolute atomic E-state index is 0.0395. The zero-order valence-electron chi connectivity index (χ0n) is 34.0. The van der Waals surface area contributed by atoms with Crippen LogP contribution in [0.25, 0.3) is 11.1 Å². The number of carbonyl (C=O) groups excluding carboxylic acids is 3. The number of ether oxygens (including phenoxy) is 3. The number of hydrogen-bond acceptors (Lipinski definition) is 7. The zero-order valence-corrected chi connectivity index (χ0v) is 34.0. The van der Waals surface area contributed by atoms with Gasteiger partial charge in [-0.15, -0.1) is 0 Å². The summed E-state index contributed by atoms with van der Waals surface area (Å²) < 4.78 is 57.3. The summed E-state index contributed by atoms with van der Waals surface area (Å²) in [5, 5.41) is 15.8. The van der Waals surface area contributed by atoms with Crippen molar-refractivity contribution in [1.29, 1.82) is 0 Å². The molecule has 320 valence electrons. The van der Waals surface area contributed by atoms with E-state index >= 15 is 0 Å². The summed E-state index contributed by atoms with van der Waals surface area (Å²) in [7, 11) is 0. The Morgan fingerprint density at radius 3 is 1.83 bits per heavy atom. The Morgan fingerprint density at radius 1 is 0.733 bits per heavy atom. The topological polar surface area (TPSA) is 147 Å². The number of carbonyl (C=O) groups is 4. The lowest BCUT2D eigenvalue weighted by Crippen LogP contribution is -2.59. The van der Waals surface area contributed by atoms with Crippen LogP contribution in [0, 0.1) is 0 Å². The molecule has 0 bridgehead atoms. The molecule has 2 unspecified atom stereocenters. The number of fused-ring (bicyclic) bond motifs is 3. The predicted molar refractivity (Wildman–Crippen MR) is 218 cm³/mol. The molecule has 1 aliphatic carbocycles. The van der Waals surface area contributed by atoms with Gasteiger partial charge in [-0.1, -0.05) is 91.0 Å². The predicted octanol–water partition coefficient (Wildman–Crippen LogP) is 7.46. The fourth-order valence-electron chi connectivity index (χ4n) is 7.21. The number of nitrogens with one attached hydrogen (secondary N) is 2. The van der Waals surface area contributed by atoms with E-state index in [2.05, 4.69) is 10.6 Å². The molecule has 4 aromatic rings. The van der Waals surface area contributed by atoms with Crippen LogP contribution in [-0.2, 0) is 43.0 Å². The van der Waals surface area contributed by atoms with E-state index in [4.69, 9.17) is 14.2 Å². The molecule has 0 heterocycles. The first-order valence-corrected chi connectivity index (χ1v) is 19.8. The van der Waals surface area contributed by atoms with Crippen molar-refractivity contribution in [3.63, 3.8) is 0 Å². The van der Waals surface area contributed by atoms with Crippen molar-refractivity contribution in [1.82, 2.24) is 20.4 Å². The highest BCUT2D eigenvalue weighted by molar-refractivity contribution is 5.92. The van der Waals surface area contributed by atoms with Crippen LogP contribution in [0.2, 0.25) is 0 Å². The number of rotatable bonds is 19. The van der Waals surface area contributed by atoms with Crippen LogP contribution in [0.1, 0.15) is 61.4 Å². The summed E-state index contributed by atoms with van der Waals surface area (Å²) in [5.74, 6) is -1.94. The van der Waals surface area contributed by atoms with E-state index in [-0.39, 0.29) is 39.3 Å². The van der Waals surface area contributed by atoms with Crippen molar-refractivity contribution in [2.45, 2.75) is 77.2 Å². The van der Waals surface area contributed by atoms with Crippen LogP contribution in [-0.4, -0.2) is 96.2 Å². The number of nitrogens with zero attached hydrogens (tertiary/aromatic N) is 2. The van der Waals surface area contributed by atoms with E-state index in [0.29, 0.717) is 11.1 Å². The monoisotopic (exact) mass is 832 g/mol. The molecule has 0 saturated carbocycles. The molecule has 4 aromatic carbocycles. The average molecular weight is 833 g/mol. The number of alkyl carbamates (subject to hydrolysis) is 1. The van der Waals surface area contributed by atoms with Crippen molar-refractivity contribution in [3.05, 3.63) is 131 Å². The van der Waals surface area contributed by atoms with Gasteiger partial charge in [0.15, 0.2) is 6.29 Å². The summed E-state index contributed by atoms with van der Waals surface area (Å²) in [5.41, 5.74) is 3.77. The van der Waals surface area contributed by atoms with Gasteiger partial charge in [0.05, 0.1) is 18.7 Å². The van der Waals surface area contributed by atoms with Gasteiger partial charge in [-0.2, -0.15) is 13.2 Å². The molecule has 12 nitrogen and oxygen atoms in total. The van der Waals surface area contributed by atoms with Gasteiger partial charge in [-0.05, 0) is 73.2 Å². The third-order valence-electron chi connectivity index (χ3n) is 10.2. The molecule has 0 saturated heterocycles. The number of hydrogen-bond donors (Lipinski definition) is 3. The lowest BCUT2D eigenvalue weighted by atomic mass is 9.96. The maximum Gasteiger partial charge on any atom is 0.416 e. The second-order valence-corrected chi connectivity index (χ2v) is 14.6. The highest BCUT2D eigenvalue weighted by Gasteiger charge is 2.37.